The summed E-state index contributed by atoms with van der Waals surface area (Å²) in [5.74, 6) is -0.235. The van der Waals surface area contributed by atoms with E-state index in [0.717, 1.165) is 28.7 Å². The fourth-order valence-corrected chi connectivity index (χ4v) is 2.91. The van der Waals surface area contributed by atoms with Crippen LogP contribution in [0.3, 0.4) is 0 Å². The summed E-state index contributed by atoms with van der Waals surface area (Å²) in [6.07, 6.45) is 1.82. The van der Waals surface area contributed by atoms with Crippen LogP contribution in [0.5, 0.6) is 0 Å². The fourth-order valence-electron chi connectivity index (χ4n) is 2.22. The quantitative estimate of drug-likeness (QED) is 0.851. The number of nitrogens with two attached hydrogens (primary N) is 1. The van der Waals surface area contributed by atoms with E-state index in [2.05, 4.69) is 35.0 Å². The molecule has 2 aromatic carbocycles. The molecule has 1 unspecified atom stereocenters. The van der Waals surface area contributed by atoms with Crippen molar-refractivity contribution in [3.05, 3.63) is 58.3 Å². The second-order valence-electron chi connectivity index (χ2n) is 5.20. The lowest BCUT2D eigenvalue weighted by Crippen LogP contribution is -2.21. The highest BCUT2D eigenvalue weighted by molar-refractivity contribution is 9.10. The Morgan fingerprint density at radius 3 is 2.62 bits per heavy atom. The van der Waals surface area contributed by atoms with Crippen LogP contribution in [0.2, 0.25) is 0 Å². The van der Waals surface area contributed by atoms with Gasteiger partial charge in [-0.3, -0.25) is 0 Å². The largest absolute Gasteiger partial charge is 0.344 e. The van der Waals surface area contributed by atoms with Crippen molar-refractivity contribution in [2.24, 2.45) is 5.73 Å². The van der Waals surface area contributed by atoms with Crippen molar-refractivity contribution in [3.8, 4) is 0 Å². The summed E-state index contributed by atoms with van der Waals surface area (Å²) in [5, 5.41) is 0. The topological polar surface area (TPSA) is 29.3 Å². The van der Waals surface area contributed by atoms with Crippen LogP contribution in [0.25, 0.3) is 0 Å². The highest BCUT2D eigenvalue weighted by Crippen LogP contribution is 2.32. The van der Waals surface area contributed by atoms with Crippen LogP contribution in [-0.4, -0.2) is 13.1 Å². The van der Waals surface area contributed by atoms with E-state index < -0.39 is 0 Å². The summed E-state index contributed by atoms with van der Waals surface area (Å²) in [6.45, 7) is 2.09. The Labute approximate surface area is 133 Å². The highest BCUT2D eigenvalue weighted by Gasteiger charge is 2.10. The Hall–Kier alpha value is -1.39. The fraction of sp³-hybridized carbons (Fsp3) is 0.294. The minimum atomic E-state index is -0.235. The number of hydrogen-bond donors (Lipinski definition) is 1. The molecule has 0 radical (unpaired) electrons. The zero-order valence-corrected chi connectivity index (χ0v) is 13.9. The molecular weight excluding hydrogens is 331 g/mol. The summed E-state index contributed by atoms with van der Waals surface area (Å²) in [5.41, 5.74) is 9.00. The van der Waals surface area contributed by atoms with E-state index >= 15 is 0 Å². The van der Waals surface area contributed by atoms with Crippen LogP contribution >= 0.6 is 15.9 Å². The minimum absolute atomic E-state index is 0.184. The Morgan fingerprint density at radius 2 is 2.00 bits per heavy atom. The number of benzene rings is 2. The maximum absolute atomic E-state index is 13.3. The van der Waals surface area contributed by atoms with E-state index in [-0.39, 0.29) is 11.9 Å². The minimum Gasteiger partial charge on any atom is -0.344 e. The van der Waals surface area contributed by atoms with E-state index in [0.29, 0.717) is 0 Å². The molecule has 0 aromatic heterocycles. The molecule has 2 nitrogen and oxygen atoms in total. The lowest BCUT2D eigenvalue weighted by molar-refractivity contribution is 0.628. The molecular formula is C17H20BrFN2. The Morgan fingerprint density at radius 1 is 1.24 bits per heavy atom. The third-order valence-corrected chi connectivity index (χ3v) is 4.23. The predicted octanol–water partition coefficient (Wildman–Crippen LogP) is 4.64. The Balaban J connectivity index is 2.24. The van der Waals surface area contributed by atoms with Crippen molar-refractivity contribution in [2.75, 3.05) is 11.9 Å². The molecule has 0 aliphatic rings. The van der Waals surface area contributed by atoms with Gasteiger partial charge in [0.1, 0.15) is 5.82 Å². The maximum Gasteiger partial charge on any atom is 0.125 e. The third-order valence-electron chi connectivity index (χ3n) is 3.59. The number of anilines is 2. The van der Waals surface area contributed by atoms with Crippen molar-refractivity contribution < 1.29 is 4.39 Å². The van der Waals surface area contributed by atoms with Crippen molar-refractivity contribution in [3.63, 3.8) is 0 Å². The van der Waals surface area contributed by atoms with Crippen LogP contribution < -0.4 is 10.6 Å². The van der Waals surface area contributed by atoms with Gasteiger partial charge in [0.25, 0.3) is 0 Å². The molecule has 1 atom stereocenters. The predicted molar refractivity (Wildman–Crippen MR) is 90.6 cm³/mol. The number of hydrogen-bond acceptors (Lipinski definition) is 2. The summed E-state index contributed by atoms with van der Waals surface area (Å²) >= 11 is 3.60. The second-order valence-corrected chi connectivity index (χ2v) is 6.05. The van der Waals surface area contributed by atoms with Gasteiger partial charge in [-0.2, -0.15) is 0 Å². The Bertz CT molecular complexity index is 615. The van der Waals surface area contributed by atoms with Gasteiger partial charge in [-0.25, -0.2) is 4.39 Å². The zero-order chi connectivity index (χ0) is 15.4. The molecule has 0 aliphatic heterocycles. The molecule has 0 amide bonds. The second kappa shape index (κ2) is 7.05. The first-order chi connectivity index (χ1) is 10.0. The van der Waals surface area contributed by atoms with Gasteiger partial charge in [0.05, 0.1) is 5.69 Å². The molecule has 0 fully saturated rings. The van der Waals surface area contributed by atoms with Crippen molar-refractivity contribution in [2.45, 2.75) is 25.8 Å². The van der Waals surface area contributed by atoms with Gasteiger partial charge in [-0.15, -0.1) is 0 Å². The number of halogens is 2. The first-order valence-corrected chi connectivity index (χ1v) is 7.84. The molecule has 0 bridgehead atoms. The van der Waals surface area contributed by atoms with Gasteiger partial charge < -0.3 is 10.6 Å². The van der Waals surface area contributed by atoms with Crippen LogP contribution in [0, 0.1) is 5.82 Å². The molecule has 0 heterocycles. The van der Waals surface area contributed by atoms with Crippen LogP contribution in [0.4, 0.5) is 15.8 Å². The molecule has 0 saturated carbocycles. The molecule has 0 saturated heterocycles. The smallest absolute Gasteiger partial charge is 0.125 e. The van der Waals surface area contributed by atoms with E-state index in [1.807, 2.05) is 24.1 Å². The van der Waals surface area contributed by atoms with E-state index in [9.17, 15) is 4.39 Å². The monoisotopic (exact) mass is 350 g/mol. The zero-order valence-electron chi connectivity index (χ0n) is 12.3. The third kappa shape index (κ3) is 4.05. The van der Waals surface area contributed by atoms with E-state index in [1.165, 1.54) is 17.7 Å². The molecule has 2 rings (SSSR count). The van der Waals surface area contributed by atoms with Crippen LogP contribution in [0.15, 0.2) is 46.9 Å². The lowest BCUT2D eigenvalue weighted by Gasteiger charge is -2.22. The molecule has 4 heteroatoms. The lowest BCUT2D eigenvalue weighted by atomic mass is 10.0. The standard InChI is InChI=1S/C17H20BrFN2/c1-3-14(20)9-12-7-8-17(16(18)10-12)21(2)15-6-4-5-13(19)11-15/h4-8,10-11,14H,3,9,20H2,1-2H3. The van der Waals surface area contributed by atoms with Gasteiger partial charge in [-0.1, -0.05) is 19.1 Å². The molecule has 2 N–H and O–H groups in total. The number of nitrogens with zero attached hydrogens (tertiary/aromatic N) is 1. The van der Waals surface area contributed by atoms with Crippen molar-refractivity contribution in [1.29, 1.82) is 0 Å². The van der Waals surface area contributed by atoms with Gasteiger partial charge in [-0.05, 0) is 64.7 Å². The summed E-state index contributed by atoms with van der Waals surface area (Å²) in [4.78, 5) is 1.96. The molecule has 112 valence electrons. The van der Waals surface area contributed by atoms with Gasteiger partial charge >= 0.3 is 0 Å². The van der Waals surface area contributed by atoms with Crippen molar-refractivity contribution in [1.82, 2.24) is 0 Å². The Kier molecular flexibility index (Phi) is 5.37. The molecule has 0 aliphatic carbocycles. The number of rotatable bonds is 5. The molecule has 21 heavy (non-hydrogen) atoms. The van der Waals surface area contributed by atoms with Gasteiger partial charge in [0.2, 0.25) is 0 Å². The van der Waals surface area contributed by atoms with Crippen molar-refractivity contribution >= 4 is 27.3 Å². The molecule has 0 spiro atoms. The summed E-state index contributed by atoms with van der Waals surface area (Å²) in [7, 11) is 1.92. The average molecular weight is 351 g/mol. The average Bonchev–Trinajstić information content (AvgIpc) is 2.46. The maximum atomic E-state index is 13.3. The van der Waals surface area contributed by atoms with Crippen LogP contribution in [-0.2, 0) is 6.42 Å². The summed E-state index contributed by atoms with van der Waals surface area (Å²) in [6, 6.07) is 12.9. The first-order valence-electron chi connectivity index (χ1n) is 7.04. The van der Waals surface area contributed by atoms with Gasteiger partial charge in [0.15, 0.2) is 0 Å². The normalized spacial score (nSPS) is 12.2. The highest BCUT2D eigenvalue weighted by atomic mass is 79.9. The van der Waals surface area contributed by atoms with Gasteiger partial charge in [0, 0.05) is 23.2 Å². The first kappa shape index (κ1) is 16.0. The SMILES string of the molecule is CCC(N)Cc1ccc(N(C)c2cccc(F)c2)c(Br)c1. The van der Waals surface area contributed by atoms with E-state index in [1.54, 1.807) is 6.07 Å². The summed E-state index contributed by atoms with van der Waals surface area (Å²) < 4.78 is 14.3. The molecule has 2 aromatic rings. The van der Waals surface area contributed by atoms with E-state index in [4.69, 9.17) is 5.73 Å². The van der Waals surface area contributed by atoms with Crippen LogP contribution in [0.1, 0.15) is 18.9 Å².